The lowest BCUT2D eigenvalue weighted by molar-refractivity contribution is 0.117. The number of carbonyl (C=O) groups excluding carboxylic acids is 1. The van der Waals surface area contributed by atoms with Crippen molar-refractivity contribution in [2.75, 3.05) is 13.1 Å². The summed E-state index contributed by atoms with van der Waals surface area (Å²) in [4.78, 5) is 14.5. The van der Waals surface area contributed by atoms with E-state index in [2.05, 4.69) is 33.0 Å². The Kier molecular flexibility index (Phi) is 6.98. The van der Waals surface area contributed by atoms with E-state index in [9.17, 15) is 9.90 Å². The van der Waals surface area contributed by atoms with Crippen LogP contribution in [-0.4, -0.2) is 41.3 Å². The van der Waals surface area contributed by atoms with Gasteiger partial charge in [0.1, 0.15) is 0 Å². The Morgan fingerprint density at radius 1 is 1.33 bits per heavy atom. The molecule has 1 fully saturated rings. The van der Waals surface area contributed by atoms with Crippen molar-refractivity contribution in [1.29, 1.82) is 0 Å². The maximum absolute atomic E-state index is 12.5. The van der Waals surface area contributed by atoms with Crippen molar-refractivity contribution in [3.63, 3.8) is 0 Å². The molecule has 0 aromatic heterocycles. The standard InChI is InChI=1S/C17H34N2O2/c1-13(2)10-15-8-6-7-9-19(15)16(21)18-12-17(4,5)11-14(3)20/h13-15,20H,6-12H2,1-5H3,(H,18,21). The second kappa shape index (κ2) is 8.02. The highest BCUT2D eigenvalue weighted by atomic mass is 16.3. The largest absolute Gasteiger partial charge is 0.393 e. The van der Waals surface area contributed by atoms with Gasteiger partial charge in [-0.3, -0.25) is 0 Å². The summed E-state index contributed by atoms with van der Waals surface area (Å²) in [6, 6.07) is 0.456. The number of piperidine rings is 1. The van der Waals surface area contributed by atoms with Gasteiger partial charge in [-0.05, 0) is 50.4 Å². The number of carbonyl (C=O) groups is 1. The summed E-state index contributed by atoms with van der Waals surface area (Å²) < 4.78 is 0. The molecule has 4 heteroatoms. The van der Waals surface area contributed by atoms with Gasteiger partial charge in [0.15, 0.2) is 0 Å². The first kappa shape index (κ1) is 18.3. The molecular weight excluding hydrogens is 264 g/mol. The highest BCUT2D eigenvalue weighted by Crippen LogP contribution is 2.24. The molecule has 2 atom stereocenters. The fraction of sp³-hybridized carbons (Fsp3) is 0.941. The number of hydrogen-bond donors (Lipinski definition) is 2. The number of likely N-dealkylation sites (tertiary alicyclic amines) is 1. The van der Waals surface area contributed by atoms with Gasteiger partial charge in [-0.15, -0.1) is 0 Å². The molecule has 0 aliphatic carbocycles. The molecule has 1 aliphatic rings. The van der Waals surface area contributed by atoms with E-state index in [4.69, 9.17) is 0 Å². The fourth-order valence-electron chi connectivity index (χ4n) is 3.35. The van der Waals surface area contributed by atoms with E-state index in [1.165, 1.54) is 6.42 Å². The van der Waals surface area contributed by atoms with E-state index >= 15 is 0 Å². The van der Waals surface area contributed by atoms with Crippen molar-refractivity contribution < 1.29 is 9.90 Å². The molecular formula is C17H34N2O2. The van der Waals surface area contributed by atoms with Crippen LogP contribution >= 0.6 is 0 Å². The van der Waals surface area contributed by atoms with Crippen LogP contribution in [0.25, 0.3) is 0 Å². The zero-order valence-corrected chi connectivity index (χ0v) is 14.5. The van der Waals surface area contributed by atoms with Crippen molar-refractivity contribution in [3.05, 3.63) is 0 Å². The smallest absolute Gasteiger partial charge is 0.317 e. The molecule has 1 rings (SSSR count). The quantitative estimate of drug-likeness (QED) is 0.789. The maximum Gasteiger partial charge on any atom is 0.317 e. The number of nitrogens with zero attached hydrogens (tertiary/aromatic N) is 1. The number of aliphatic hydroxyl groups is 1. The second-order valence-corrected chi connectivity index (χ2v) is 7.85. The van der Waals surface area contributed by atoms with Crippen LogP contribution in [-0.2, 0) is 0 Å². The molecule has 21 heavy (non-hydrogen) atoms. The third-order valence-corrected chi connectivity index (χ3v) is 4.20. The molecule has 0 saturated carbocycles. The van der Waals surface area contributed by atoms with E-state index in [0.717, 1.165) is 25.8 Å². The van der Waals surface area contributed by atoms with Gasteiger partial charge in [0.05, 0.1) is 6.10 Å². The van der Waals surface area contributed by atoms with E-state index in [1.807, 2.05) is 4.90 Å². The van der Waals surface area contributed by atoms with Gasteiger partial charge in [0.25, 0.3) is 0 Å². The number of urea groups is 1. The molecule has 1 aliphatic heterocycles. The minimum atomic E-state index is -0.333. The fourth-order valence-corrected chi connectivity index (χ4v) is 3.35. The molecule has 0 aromatic rings. The first-order chi connectivity index (χ1) is 9.71. The summed E-state index contributed by atoms with van der Waals surface area (Å²) in [5.74, 6) is 0.620. The van der Waals surface area contributed by atoms with Crippen LogP contribution in [0.4, 0.5) is 4.79 Å². The number of amides is 2. The topological polar surface area (TPSA) is 52.6 Å². The molecule has 0 aromatic carbocycles. The maximum atomic E-state index is 12.5. The molecule has 2 amide bonds. The Bertz CT molecular complexity index is 327. The third-order valence-electron chi connectivity index (χ3n) is 4.20. The Balaban J connectivity index is 2.52. The highest BCUT2D eigenvalue weighted by molar-refractivity contribution is 5.74. The van der Waals surface area contributed by atoms with Crippen LogP contribution in [0.1, 0.15) is 66.7 Å². The summed E-state index contributed by atoms with van der Waals surface area (Å²) >= 11 is 0. The van der Waals surface area contributed by atoms with Crippen LogP contribution in [0.3, 0.4) is 0 Å². The van der Waals surface area contributed by atoms with Gasteiger partial charge in [-0.1, -0.05) is 27.7 Å². The number of aliphatic hydroxyl groups excluding tert-OH is 1. The molecule has 0 radical (unpaired) electrons. The van der Waals surface area contributed by atoms with Crippen LogP contribution in [0.2, 0.25) is 0 Å². The van der Waals surface area contributed by atoms with Crippen LogP contribution in [0, 0.1) is 11.3 Å². The van der Waals surface area contributed by atoms with Gasteiger partial charge in [-0.25, -0.2) is 4.79 Å². The summed E-state index contributed by atoms with van der Waals surface area (Å²) in [5, 5.41) is 12.6. The van der Waals surface area contributed by atoms with Gasteiger partial charge in [0, 0.05) is 19.1 Å². The lowest BCUT2D eigenvalue weighted by atomic mass is 9.87. The van der Waals surface area contributed by atoms with Crippen molar-refractivity contribution >= 4 is 6.03 Å². The van der Waals surface area contributed by atoms with Crippen molar-refractivity contribution in [1.82, 2.24) is 10.2 Å². The predicted octanol–water partition coefficient (Wildman–Crippen LogP) is 3.39. The Hall–Kier alpha value is -0.770. The zero-order chi connectivity index (χ0) is 16.0. The van der Waals surface area contributed by atoms with Crippen LogP contribution in [0.15, 0.2) is 0 Å². The highest BCUT2D eigenvalue weighted by Gasteiger charge is 2.28. The van der Waals surface area contributed by atoms with Crippen LogP contribution in [0.5, 0.6) is 0 Å². The molecule has 4 nitrogen and oxygen atoms in total. The van der Waals surface area contributed by atoms with E-state index in [1.54, 1.807) is 6.92 Å². The lowest BCUT2D eigenvalue weighted by Crippen LogP contribution is -2.50. The summed E-state index contributed by atoms with van der Waals surface area (Å²) in [7, 11) is 0. The van der Waals surface area contributed by atoms with Gasteiger partial charge in [-0.2, -0.15) is 0 Å². The number of nitrogens with one attached hydrogen (secondary N) is 1. The minimum absolute atomic E-state index is 0.0685. The summed E-state index contributed by atoms with van der Waals surface area (Å²) in [6.45, 7) is 11.9. The minimum Gasteiger partial charge on any atom is -0.393 e. The van der Waals surface area contributed by atoms with Crippen molar-refractivity contribution in [3.8, 4) is 0 Å². The van der Waals surface area contributed by atoms with Crippen LogP contribution < -0.4 is 5.32 Å². The van der Waals surface area contributed by atoms with E-state index in [-0.39, 0.29) is 17.6 Å². The average molecular weight is 298 g/mol. The molecule has 0 bridgehead atoms. The Morgan fingerprint density at radius 2 is 2.00 bits per heavy atom. The van der Waals surface area contributed by atoms with Gasteiger partial charge < -0.3 is 15.3 Å². The molecule has 124 valence electrons. The van der Waals surface area contributed by atoms with E-state index < -0.39 is 0 Å². The Morgan fingerprint density at radius 3 is 2.57 bits per heavy atom. The Labute approximate surface area is 130 Å². The first-order valence-electron chi connectivity index (χ1n) is 8.44. The normalized spacial score (nSPS) is 21.5. The summed E-state index contributed by atoms with van der Waals surface area (Å²) in [5.41, 5.74) is -0.0762. The predicted molar refractivity (Wildman–Crippen MR) is 87.3 cm³/mol. The third kappa shape index (κ3) is 6.68. The SMILES string of the molecule is CC(C)CC1CCCCN1C(=O)NCC(C)(C)CC(C)O. The first-order valence-corrected chi connectivity index (χ1v) is 8.44. The second-order valence-electron chi connectivity index (χ2n) is 7.85. The molecule has 2 N–H and O–H groups in total. The summed E-state index contributed by atoms with van der Waals surface area (Å²) in [6.07, 6.45) is 4.92. The number of hydrogen-bond acceptors (Lipinski definition) is 2. The van der Waals surface area contributed by atoms with E-state index in [0.29, 0.717) is 24.9 Å². The zero-order valence-electron chi connectivity index (χ0n) is 14.5. The van der Waals surface area contributed by atoms with Gasteiger partial charge >= 0.3 is 6.03 Å². The monoisotopic (exact) mass is 298 g/mol. The van der Waals surface area contributed by atoms with Gasteiger partial charge in [0.2, 0.25) is 0 Å². The molecule has 1 heterocycles. The molecule has 0 spiro atoms. The molecule has 1 saturated heterocycles. The molecule has 2 unspecified atom stereocenters. The van der Waals surface area contributed by atoms with Crippen molar-refractivity contribution in [2.24, 2.45) is 11.3 Å². The van der Waals surface area contributed by atoms with Crippen molar-refractivity contribution in [2.45, 2.75) is 78.9 Å². The lowest BCUT2D eigenvalue weighted by Gasteiger charge is -2.37. The number of rotatable bonds is 6. The average Bonchev–Trinajstić information content (AvgIpc) is 2.34.